The zero-order valence-electron chi connectivity index (χ0n) is 12.0. The van der Waals surface area contributed by atoms with Gasteiger partial charge in [-0.05, 0) is 36.2 Å². The highest BCUT2D eigenvalue weighted by Crippen LogP contribution is 2.20. The molecule has 0 aliphatic carbocycles. The zero-order valence-corrected chi connectivity index (χ0v) is 12.0. The van der Waals surface area contributed by atoms with Crippen molar-refractivity contribution in [2.45, 2.75) is 19.4 Å². The second kappa shape index (κ2) is 6.83. The summed E-state index contributed by atoms with van der Waals surface area (Å²) < 4.78 is 17.9. The summed E-state index contributed by atoms with van der Waals surface area (Å²) in [5, 5.41) is 2.91. The van der Waals surface area contributed by atoms with E-state index in [2.05, 4.69) is 10.3 Å². The number of hydrogen-bond donors (Lipinski definition) is 1. The highest BCUT2D eigenvalue weighted by molar-refractivity contribution is 5.94. The lowest BCUT2D eigenvalue weighted by atomic mass is 10.0. The van der Waals surface area contributed by atoms with Crippen LogP contribution in [0.5, 0.6) is 5.75 Å². The summed E-state index contributed by atoms with van der Waals surface area (Å²) in [5.41, 5.74) is 1.32. The number of rotatable bonds is 5. The Bertz CT molecular complexity index is 597. The Labute approximate surface area is 123 Å². The van der Waals surface area contributed by atoms with Crippen LogP contribution in [-0.2, 0) is 0 Å². The zero-order chi connectivity index (χ0) is 15.2. The van der Waals surface area contributed by atoms with Gasteiger partial charge in [-0.3, -0.25) is 4.79 Å². The molecule has 0 radical (unpaired) electrons. The molecule has 1 N–H and O–H groups in total. The molecule has 1 aromatic heterocycles. The predicted octanol–water partition coefficient (Wildman–Crippen LogP) is 3.11. The Morgan fingerprint density at radius 3 is 2.52 bits per heavy atom. The first-order valence-electron chi connectivity index (χ1n) is 6.70. The lowest BCUT2D eigenvalue weighted by Gasteiger charge is -2.17. The Morgan fingerprint density at radius 1 is 1.29 bits per heavy atom. The van der Waals surface area contributed by atoms with Crippen molar-refractivity contribution in [3.05, 3.63) is 59.7 Å². The monoisotopic (exact) mass is 288 g/mol. The van der Waals surface area contributed by atoms with Crippen LogP contribution >= 0.6 is 0 Å². The van der Waals surface area contributed by atoms with E-state index in [1.165, 1.54) is 18.3 Å². The summed E-state index contributed by atoms with van der Waals surface area (Å²) in [5.74, 6) is -0.110. The molecule has 1 unspecified atom stereocenters. The number of ether oxygens (including phenoxy) is 1. The number of nitrogens with one attached hydrogen (secondary N) is 1. The number of carbonyl (C=O) groups is 1. The van der Waals surface area contributed by atoms with Gasteiger partial charge in [0.25, 0.3) is 5.91 Å². The van der Waals surface area contributed by atoms with Crippen molar-refractivity contribution in [2.24, 2.45) is 0 Å². The van der Waals surface area contributed by atoms with Crippen molar-refractivity contribution in [1.82, 2.24) is 10.3 Å². The highest BCUT2D eigenvalue weighted by atomic mass is 19.1. The molecular weight excluding hydrogens is 271 g/mol. The summed E-state index contributed by atoms with van der Waals surface area (Å²) in [4.78, 5) is 15.6. The summed E-state index contributed by atoms with van der Waals surface area (Å²) >= 11 is 0. The second-order valence-electron chi connectivity index (χ2n) is 4.58. The minimum absolute atomic E-state index is 0.117. The molecule has 0 saturated heterocycles. The smallest absolute Gasteiger partial charge is 0.253 e. The molecule has 5 heteroatoms. The average molecular weight is 288 g/mol. The standard InChI is InChI=1S/C16H17FN2O2/c1-3-14(11-4-7-13(21-2)8-5-11)19-16(20)12-6-9-15(17)18-10-12/h4-10,14H,3H2,1-2H3,(H,19,20). The maximum absolute atomic E-state index is 12.8. The maximum Gasteiger partial charge on any atom is 0.253 e. The van der Waals surface area contributed by atoms with E-state index in [0.29, 0.717) is 5.56 Å². The average Bonchev–Trinajstić information content (AvgIpc) is 2.53. The lowest BCUT2D eigenvalue weighted by molar-refractivity contribution is 0.0935. The van der Waals surface area contributed by atoms with Crippen LogP contribution in [0.1, 0.15) is 35.3 Å². The van der Waals surface area contributed by atoms with Crippen LogP contribution in [0.3, 0.4) is 0 Å². The van der Waals surface area contributed by atoms with Crippen molar-refractivity contribution >= 4 is 5.91 Å². The summed E-state index contributed by atoms with van der Waals surface area (Å²) in [7, 11) is 1.61. The van der Waals surface area contributed by atoms with Crippen LogP contribution in [0.2, 0.25) is 0 Å². The summed E-state index contributed by atoms with van der Waals surface area (Å²) in [6, 6.07) is 10.00. The van der Waals surface area contributed by atoms with E-state index < -0.39 is 5.95 Å². The van der Waals surface area contributed by atoms with Crippen molar-refractivity contribution in [2.75, 3.05) is 7.11 Å². The third-order valence-electron chi connectivity index (χ3n) is 3.22. The molecule has 2 aromatic rings. The number of benzene rings is 1. The molecule has 1 amide bonds. The molecule has 1 heterocycles. The van der Waals surface area contributed by atoms with Crippen molar-refractivity contribution in [1.29, 1.82) is 0 Å². The number of aromatic nitrogens is 1. The van der Waals surface area contributed by atoms with Gasteiger partial charge < -0.3 is 10.1 Å². The number of amides is 1. The predicted molar refractivity (Wildman–Crippen MR) is 77.7 cm³/mol. The van der Waals surface area contributed by atoms with Crippen LogP contribution in [-0.4, -0.2) is 18.0 Å². The van der Waals surface area contributed by atoms with Gasteiger partial charge in [0, 0.05) is 6.20 Å². The first kappa shape index (κ1) is 15.0. The molecule has 0 aliphatic heterocycles. The molecule has 1 atom stereocenters. The molecule has 1 aromatic carbocycles. The van der Waals surface area contributed by atoms with Crippen molar-refractivity contribution in [3.63, 3.8) is 0 Å². The fourth-order valence-electron chi connectivity index (χ4n) is 2.01. The van der Waals surface area contributed by atoms with E-state index in [4.69, 9.17) is 4.74 Å². The molecule has 110 valence electrons. The van der Waals surface area contributed by atoms with E-state index in [0.717, 1.165) is 17.7 Å². The van der Waals surface area contributed by atoms with Crippen molar-refractivity contribution < 1.29 is 13.9 Å². The topological polar surface area (TPSA) is 51.2 Å². The quantitative estimate of drug-likeness (QED) is 0.860. The van der Waals surface area contributed by atoms with Crippen LogP contribution in [0.15, 0.2) is 42.6 Å². The molecule has 0 spiro atoms. The Hall–Kier alpha value is -2.43. The Morgan fingerprint density at radius 2 is 2.00 bits per heavy atom. The SMILES string of the molecule is CCC(NC(=O)c1ccc(F)nc1)c1ccc(OC)cc1. The van der Waals surface area contributed by atoms with E-state index in [1.54, 1.807) is 7.11 Å². The van der Waals surface area contributed by atoms with Gasteiger partial charge >= 0.3 is 0 Å². The van der Waals surface area contributed by atoms with Crippen LogP contribution in [0.4, 0.5) is 4.39 Å². The van der Waals surface area contributed by atoms with Crippen LogP contribution < -0.4 is 10.1 Å². The largest absolute Gasteiger partial charge is 0.497 e. The second-order valence-corrected chi connectivity index (χ2v) is 4.58. The number of pyridine rings is 1. The van der Waals surface area contributed by atoms with E-state index in [1.807, 2.05) is 31.2 Å². The first-order valence-corrected chi connectivity index (χ1v) is 6.70. The third-order valence-corrected chi connectivity index (χ3v) is 3.22. The number of carbonyl (C=O) groups excluding carboxylic acids is 1. The number of methoxy groups -OCH3 is 1. The van der Waals surface area contributed by atoms with E-state index >= 15 is 0 Å². The molecule has 0 saturated carbocycles. The van der Waals surface area contributed by atoms with Gasteiger partial charge in [0.05, 0.1) is 18.7 Å². The molecule has 4 nitrogen and oxygen atoms in total. The minimum Gasteiger partial charge on any atom is -0.497 e. The normalized spacial score (nSPS) is 11.8. The van der Waals surface area contributed by atoms with Gasteiger partial charge in [-0.1, -0.05) is 19.1 Å². The van der Waals surface area contributed by atoms with Crippen molar-refractivity contribution in [3.8, 4) is 5.75 Å². The van der Waals surface area contributed by atoms with Gasteiger partial charge in [-0.15, -0.1) is 0 Å². The van der Waals surface area contributed by atoms with E-state index in [9.17, 15) is 9.18 Å². The summed E-state index contributed by atoms with van der Waals surface area (Å²) in [6.45, 7) is 1.98. The number of halogens is 1. The molecule has 2 rings (SSSR count). The first-order chi connectivity index (χ1) is 10.1. The Kier molecular flexibility index (Phi) is 4.87. The summed E-state index contributed by atoms with van der Waals surface area (Å²) in [6.07, 6.45) is 1.97. The number of nitrogens with zero attached hydrogens (tertiary/aromatic N) is 1. The number of hydrogen-bond acceptors (Lipinski definition) is 3. The van der Waals surface area contributed by atoms with Crippen LogP contribution in [0, 0.1) is 5.95 Å². The molecule has 0 bridgehead atoms. The Balaban J connectivity index is 2.10. The molecule has 0 aliphatic rings. The molecule has 21 heavy (non-hydrogen) atoms. The molecule has 0 fully saturated rings. The van der Waals surface area contributed by atoms with Gasteiger partial charge in [-0.25, -0.2) is 4.98 Å². The lowest BCUT2D eigenvalue weighted by Crippen LogP contribution is -2.28. The van der Waals surface area contributed by atoms with Crippen LogP contribution in [0.25, 0.3) is 0 Å². The van der Waals surface area contributed by atoms with Gasteiger partial charge in [0.2, 0.25) is 5.95 Å². The molecular formula is C16H17FN2O2. The third kappa shape index (κ3) is 3.78. The highest BCUT2D eigenvalue weighted by Gasteiger charge is 2.14. The van der Waals surface area contributed by atoms with Gasteiger partial charge in [-0.2, -0.15) is 4.39 Å². The maximum atomic E-state index is 12.8. The van der Waals surface area contributed by atoms with Gasteiger partial charge in [0.1, 0.15) is 5.75 Å². The fraction of sp³-hybridized carbons (Fsp3) is 0.250. The minimum atomic E-state index is -0.603. The fourth-order valence-corrected chi connectivity index (χ4v) is 2.01. The van der Waals surface area contributed by atoms with E-state index in [-0.39, 0.29) is 11.9 Å². The van der Waals surface area contributed by atoms with Gasteiger partial charge in [0.15, 0.2) is 0 Å².